The van der Waals surface area contributed by atoms with Crippen molar-refractivity contribution in [2.75, 3.05) is 0 Å². The Morgan fingerprint density at radius 2 is 2.07 bits per heavy atom. The zero-order valence-corrected chi connectivity index (χ0v) is 9.93. The lowest BCUT2D eigenvalue weighted by Crippen LogP contribution is -1.83. The van der Waals surface area contributed by atoms with Gasteiger partial charge in [0.05, 0.1) is 0 Å². The fourth-order valence-electron chi connectivity index (χ4n) is 1.02. The zero-order chi connectivity index (χ0) is 10.7. The van der Waals surface area contributed by atoms with Crippen LogP contribution < -0.4 is 0 Å². The molecule has 2 nitrogen and oxygen atoms in total. The Morgan fingerprint density at radius 3 is 2.80 bits per heavy atom. The van der Waals surface area contributed by atoms with Gasteiger partial charge in [-0.3, -0.25) is 0 Å². The SMILES string of the molecule is Fc1cccc(Sc2cc(Br)ncn2)c1. The molecule has 0 aliphatic carbocycles. The second-order valence-corrected chi connectivity index (χ2v) is 4.64. The van der Waals surface area contributed by atoms with E-state index < -0.39 is 0 Å². The lowest BCUT2D eigenvalue weighted by molar-refractivity contribution is 0.624. The van der Waals surface area contributed by atoms with Crippen molar-refractivity contribution < 1.29 is 4.39 Å². The molecule has 5 heteroatoms. The van der Waals surface area contributed by atoms with Gasteiger partial charge < -0.3 is 0 Å². The highest BCUT2D eigenvalue weighted by molar-refractivity contribution is 9.10. The molecule has 76 valence electrons. The molecule has 2 rings (SSSR count). The minimum atomic E-state index is -0.242. The third-order valence-corrected chi connectivity index (χ3v) is 2.98. The summed E-state index contributed by atoms with van der Waals surface area (Å²) in [5, 5.41) is 0.780. The molecular formula is C10H6BrFN2S. The predicted molar refractivity (Wildman–Crippen MR) is 60.3 cm³/mol. The van der Waals surface area contributed by atoms with Crippen LogP contribution in [0.25, 0.3) is 0 Å². The Bertz CT molecular complexity index is 435. The molecule has 0 aliphatic heterocycles. The van der Waals surface area contributed by atoms with Gasteiger partial charge in [0.25, 0.3) is 0 Å². The van der Waals surface area contributed by atoms with Gasteiger partial charge in [0, 0.05) is 11.0 Å². The minimum Gasteiger partial charge on any atom is -0.230 e. The van der Waals surface area contributed by atoms with Crippen LogP contribution in [0.3, 0.4) is 0 Å². The zero-order valence-electron chi connectivity index (χ0n) is 7.52. The van der Waals surface area contributed by atoms with E-state index in [0.29, 0.717) is 0 Å². The second-order valence-electron chi connectivity index (χ2n) is 2.74. The highest BCUT2D eigenvalue weighted by Crippen LogP contribution is 2.26. The van der Waals surface area contributed by atoms with Crippen molar-refractivity contribution in [3.63, 3.8) is 0 Å². The number of aromatic nitrogens is 2. The third kappa shape index (κ3) is 3.00. The summed E-state index contributed by atoms with van der Waals surface area (Å²) in [5.74, 6) is -0.242. The van der Waals surface area contributed by atoms with Crippen LogP contribution in [-0.2, 0) is 0 Å². The van der Waals surface area contributed by atoms with Gasteiger partial charge in [-0.25, -0.2) is 14.4 Å². The van der Waals surface area contributed by atoms with Crippen LogP contribution in [0.5, 0.6) is 0 Å². The van der Waals surface area contributed by atoms with Crippen molar-refractivity contribution in [2.45, 2.75) is 9.92 Å². The summed E-state index contributed by atoms with van der Waals surface area (Å²) in [6.07, 6.45) is 1.46. The maximum absolute atomic E-state index is 12.9. The molecule has 0 N–H and O–H groups in total. The highest BCUT2D eigenvalue weighted by atomic mass is 79.9. The lowest BCUT2D eigenvalue weighted by Gasteiger charge is -2.00. The van der Waals surface area contributed by atoms with Crippen molar-refractivity contribution >= 4 is 27.7 Å². The number of nitrogens with zero attached hydrogens (tertiary/aromatic N) is 2. The summed E-state index contributed by atoms with van der Waals surface area (Å²) in [6.45, 7) is 0. The van der Waals surface area contributed by atoms with Gasteiger partial charge in [0.15, 0.2) is 0 Å². The summed E-state index contributed by atoms with van der Waals surface area (Å²) in [7, 11) is 0. The van der Waals surface area contributed by atoms with Crippen LogP contribution in [0, 0.1) is 5.82 Å². The van der Waals surface area contributed by atoms with Crippen molar-refractivity contribution in [3.8, 4) is 0 Å². The summed E-state index contributed by atoms with van der Waals surface area (Å²) in [6, 6.07) is 8.19. The molecule has 0 radical (unpaired) electrons. The van der Waals surface area contributed by atoms with E-state index in [4.69, 9.17) is 0 Å². The van der Waals surface area contributed by atoms with Gasteiger partial charge in [-0.1, -0.05) is 17.8 Å². The summed E-state index contributed by atoms with van der Waals surface area (Å²) in [4.78, 5) is 8.80. The molecular weight excluding hydrogens is 279 g/mol. The molecule has 1 heterocycles. The first-order chi connectivity index (χ1) is 7.24. The van der Waals surface area contributed by atoms with Crippen LogP contribution in [-0.4, -0.2) is 9.97 Å². The molecule has 0 aliphatic rings. The van der Waals surface area contributed by atoms with Crippen molar-refractivity contribution in [1.82, 2.24) is 9.97 Å². The Morgan fingerprint density at radius 1 is 1.20 bits per heavy atom. The number of benzene rings is 1. The van der Waals surface area contributed by atoms with Gasteiger partial charge >= 0.3 is 0 Å². The van der Waals surface area contributed by atoms with E-state index in [1.54, 1.807) is 12.1 Å². The molecule has 1 aromatic carbocycles. The van der Waals surface area contributed by atoms with Gasteiger partial charge in [-0.2, -0.15) is 0 Å². The van der Waals surface area contributed by atoms with E-state index in [0.717, 1.165) is 14.5 Å². The molecule has 0 atom stereocenters. The summed E-state index contributed by atoms with van der Waals surface area (Å²) >= 11 is 4.65. The molecule has 0 saturated heterocycles. The first-order valence-electron chi connectivity index (χ1n) is 4.15. The van der Waals surface area contributed by atoms with Crippen LogP contribution in [0.2, 0.25) is 0 Å². The normalized spacial score (nSPS) is 10.3. The molecule has 0 unspecified atom stereocenters. The average molecular weight is 285 g/mol. The highest BCUT2D eigenvalue weighted by Gasteiger charge is 2.00. The van der Waals surface area contributed by atoms with Crippen LogP contribution >= 0.6 is 27.7 Å². The third-order valence-electron chi connectivity index (χ3n) is 1.63. The molecule has 0 saturated carbocycles. The van der Waals surface area contributed by atoms with E-state index in [1.807, 2.05) is 6.07 Å². The Labute approximate surface area is 99.1 Å². The number of hydrogen-bond acceptors (Lipinski definition) is 3. The smallest absolute Gasteiger partial charge is 0.124 e. The van der Waals surface area contributed by atoms with Gasteiger partial charge in [-0.15, -0.1) is 0 Å². The van der Waals surface area contributed by atoms with E-state index in [-0.39, 0.29) is 5.82 Å². The fourth-order valence-corrected chi connectivity index (χ4v) is 2.31. The quantitative estimate of drug-likeness (QED) is 0.789. The second kappa shape index (κ2) is 4.72. The van der Waals surface area contributed by atoms with Crippen molar-refractivity contribution in [1.29, 1.82) is 0 Å². The molecule has 1 aromatic heterocycles. The van der Waals surface area contributed by atoms with Gasteiger partial charge in [-0.05, 0) is 34.1 Å². The topological polar surface area (TPSA) is 25.8 Å². The number of halogens is 2. The standard InChI is InChI=1S/C10H6BrFN2S/c11-9-5-10(14-6-13-9)15-8-3-1-2-7(12)4-8/h1-6H. The molecule has 0 fully saturated rings. The van der Waals surface area contributed by atoms with Crippen molar-refractivity contribution in [2.24, 2.45) is 0 Å². The molecule has 0 amide bonds. The maximum atomic E-state index is 12.9. The monoisotopic (exact) mass is 284 g/mol. The van der Waals surface area contributed by atoms with Crippen LogP contribution in [0.1, 0.15) is 0 Å². The minimum absolute atomic E-state index is 0.242. The van der Waals surface area contributed by atoms with E-state index in [9.17, 15) is 4.39 Å². The molecule has 0 spiro atoms. The first-order valence-corrected chi connectivity index (χ1v) is 5.76. The molecule has 0 bridgehead atoms. The van der Waals surface area contributed by atoms with E-state index in [2.05, 4.69) is 25.9 Å². The van der Waals surface area contributed by atoms with Crippen molar-refractivity contribution in [3.05, 3.63) is 47.1 Å². The predicted octanol–water partition coefficient (Wildman–Crippen LogP) is 3.53. The van der Waals surface area contributed by atoms with E-state index >= 15 is 0 Å². The molecule has 2 aromatic rings. The number of hydrogen-bond donors (Lipinski definition) is 0. The van der Waals surface area contributed by atoms with Crippen LogP contribution in [0.4, 0.5) is 4.39 Å². The first kappa shape index (κ1) is 10.6. The maximum Gasteiger partial charge on any atom is 0.124 e. The Kier molecular flexibility index (Phi) is 3.33. The van der Waals surface area contributed by atoms with Crippen LogP contribution in [0.15, 0.2) is 51.2 Å². The van der Waals surface area contributed by atoms with E-state index in [1.165, 1.54) is 30.2 Å². The average Bonchev–Trinajstić information content (AvgIpc) is 2.17. The number of rotatable bonds is 2. The Hall–Kier alpha value is -0.940. The lowest BCUT2D eigenvalue weighted by atomic mass is 10.4. The largest absolute Gasteiger partial charge is 0.230 e. The fraction of sp³-hybridized carbons (Fsp3) is 0. The van der Waals surface area contributed by atoms with Gasteiger partial charge in [0.1, 0.15) is 21.8 Å². The summed E-state index contributed by atoms with van der Waals surface area (Å²) < 4.78 is 13.6. The molecule has 15 heavy (non-hydrogen) atoms. The van der Waals surface area contributed by atoms with Gasteiger partial charge in [0.2, 0.25) is 0 Å². The Balaban J connectivity index is 2.22. The summed E-state index contributed by atoms with van der Waals surface area (Å²) in [5.41, 5.74) is 0.